The van der Waals surface area contributed by atoms with Gasteiger partial charge < -0.3 is 25.5 Å². The summed E-state index contributed by atoms with van der Waals surface area (Å²) in [5, 5.41) is 16.6. The Kier molecular flexibility index (Phi) is 4.71. The number of rotatable bonds is 4. The fourth-order valence-corrected chi connectivity index (χ4v) is 3.25. The van der Waals surface area contributed by atoms with Crippen molar-refractivity contribution in [1.82, 2.24) is 20.2 Å². The number of nitrogens with two attached hydrogens (primary N) is 1. The number of urea groups is 1. The van der Waals surface area contributed by atoms with Gasteiger partial charge in [0.1, 0.15) is 11.4 Å². The zero-order valence-corrected chi connectivity index (χ0v) is 16.3. The molecule has 1 saturated heterocycles. The predicted octanol–water partition coefficient (Wildman–Crippen LogP) is 0.479. The highest BCUT2D eigenvalue weighted by Crippen LogP contribution is 2.31. The second kappa shape index (κ2) is 7.38. The van der Waals surface area contributed by atoms with Crippen LogP contribution in [0.5, 0.6) is 11.6 Å². The van der Waals surface area contributed by atoms with E-state index < -0.39 is 23.4 Å². The van der Waals surface area contributed by atoms with Crippen LogP contribution >= 0.6 is 0 Å². The Balaban J connectivity index is 1.72. The largest absolute Gasteiger partial charge is 0.497 e. The van der Waals surface area contributed by atoms with E-state index in [1.807, 2.05) is 0 Å². The Morgan fingerprint density at radius 2 is 2.13 bits per heavy atom. The Morgan fingerprint density at radius 1 is 1.32 bits per heavy atom. The maximum absolute atomic E-state index is 12.6. The summed E-state index contributed by atoms with van der Waals surface area (Å²) in [6, 6.07) is 7.41. The molecule has 1 atom stereocenters. The molecule has 156 valence electrons. The van der Waals surface area contributed by atoms with Gasteiger partial charge in [0, 0.05) is 28.7 Å². The molecule has 1 aromatic carbocycles. The molecule has 31 heavy (non-hydrogen) atoms. The summed E-state index contributed by atoms with van der Waals surface area (Å²) in [5.41, 5.74) is 4.02. The van der Waals surface area contributed by atoms with E-state index in [0.29, 0.717) is 16.7 Å². The molecule has 0 radical (unpaired) electrons. The van der Waals surface area contributed by atoms with Crippen molar-refractivity contribution in [3.8, 4) is 23.5 Å². The Morgan fingerprint density at radius 3 is 2.74 bits per heavy atom. The van der Waals surface area contributed by atoms with Crippen molar-refractivity contribution in [2.75, 3.05) is 7.11 Å². The number of ether oxygens (including phenoxy) is 1. The van der Waals surface area contributed by atoms with Crippen LogP contribution in [0.3, 0.4) is 0 Å². The van der Waals surface area contributed by atoms with Crippen molar-refractivity contribution in [1.29, 1.82) is 0 Å². The average molecular weight is 419 g/mol. The molecule has 0 bridgehead atoms. The van der Waals surface area contributed by atoms with Gasteiger partial charge in [-0.25, -0.2) is 9.78 Å². The van der Waals surface area contributed by atoms with E-state index in [-0.39, 0.29) is 18.1 Å². The maximum atomic E-state index is 12.6. The van der Waals surface area contributed by atoms with Gasteiger partial charge in [0.15, 0.2) is 5.88 Å². The van der Waals surface area contributed by atoms with Gasteiger partial charge in [-0.05, 0) is 30.3 Å². The molecule has 1 aliphatic heterocycles. The van der Waals surface area contributed by atoms with Crippen LogP contribution in [0, 0.1) is 11.8 Å². The van der Waals surface area contributed by atoms with E-state index in [1.165, 1.54) is 30.0 Å². The average Bonchev–Trinajstić information content (AvgIpc) is 3.21. The highest BCUT2D eigenvalue weighted by atomic mass is 16.5. The zero-order valence-electron chi connectivity index (χ0n) is 16.3. The van der Waals surface area contributed by atoms with E-state index in [2.05, 4.69) is 27.5 Å². The van der Waals surface area contributed by atoms with E-state index in [4.69, 9.17) is 10.5 Å². The van der Waals surface area contributed by atoms with Gasteiger partial charge in [-0.1, -0.05) is 11.8 Å². The second-order valence-corrected chi connectivity index (χ2v) is 6.89. The normalized spacial score (nSPS) is 17.6. The van der Waals surface area contributed by atoms with Crippen LogP contribution in [0.2, 0.25) is 0 Å². The molecule has 3 aromatic rings. The minimum absolute atomic E-state index is 0.0755. The first-order valence-electron chi connectivity index (χ1n) is 9.10. The number of carbonyl (C=O) groups excluding carboxylic acids is 3. The minimum Gasteiger partial charge on any atom is -0.497 e. The number of carbonyl (C=O) groups is 3. The summed E-state index contributed by atoms with van der Waals surface area (Å²) in [7, 11) is 1.52. The number of nitrogens with one attached hydrogen (secondary N) is 2. The van der Waals surface area contributed by atoms with Gasteiger partial charge >= 0.3 is 6.03 Å². The lowest BCUT2D eigenvalue weighted by atomic mass is 10.00. The highest BCUT2D eigenvalue weighted by molar-refractivity contribution is 6.09. The quantitative estimate of drug-likeness (QED) is 0.357. The number of hydrogen-bond acceptors (Lipinski definition) is 6. The number of amides is 4. The molecule has 5 N–H and O–H groups in total. The lowest BCUT2D eigenvalue weighted by molar-refractivity contribution is -0.122. The van der Waals surface area contributed by atoms with Gasteiger partial charge in [-0.2, -0.15) is 0 Å². The maximum Gasteiger partial charge on any atom is 0.323 e. The first-order chi connectivity index (χ1) is 14.8. The topological polar surface area (TPSA) is 149 Å². The van der Waals surface area contributed by atoms with Crippen LogP contribution in [0.1, 0.15) is 16.1 Å². The van der Waals surface area contributed by atoms with E-state index in [9.17, 15) is 19.5 Å². The lowest BCUT2D eigenvalue weighted by Crippen LogP contribution is -2.49. The molecule has 10 heteroatoms. The molecule has 0 spiro atoms. The van der Waals surface area contributed by atoms with Crippen molar-refractivity contribution >= 4 is 28.6 Å². The number of primary amides is 1. The zero-order chi connectivity index (χ0) is 22.2. The summed E-state index contributed by atoms with van der Waals surface area (Å²) in [5.74, 6) is 4.69. The number of aromatic nitrogens is 2. The van der Waals surface area contributed by atoms with Crippen molar-refractivity contribution < 1.29 is 24.2 Å². The molecule has 1 aliphatic rings. The molecule has 0 unspecified atom stereocenters. The molecule has 4 rings (SSSR count). The summed E-state index contributed by atoms with van der Waals surface area (Å²) in [6.45, 7) is -0.146. The number of hydrogen-bond donors (Lipinski definition) is 4. The Bertz CT molecular complexity index is 1290. The Hall–Kier alpha value is -4.52. The van der Waals surface area contributed by atoms with Gasteiger partial charge in [-0.15, -0.1) is 0 Å². The van der Waals surface area contributed by atoms with Crippen molar-refractivity contribution in [2.24, 2.45) is 5.73 Å². The molecule has 0 saturated carbocycles. The van der Waals surface area contributed by atoms with Crippen LogP contribution in [-0.4, -0.2) is 45.2 Å². The van der Waals surface area contributed by atoms with E-state index in [1.54, 1.807) is 24.4 Å². The Labute approximate surface area is 176 Å². The van der Waals surface area contributed by atoms with Crippen LogP contribution in [-0.2, 0) is 11.3 Å². The third-order valence-electron chi connectivity index (χ3n) is 4.85. The van der Waals surface area contributed by atoms with Gasteiger partial charge in [0.05, 0.1) is 13.7 Å². The number of benzene rings is 1. The summed E-state index contributed by atoms with van der Waals surface area (Å²) in [6.07, 6.45) is 2.98. The molecule has 4 amide bonds. The van der Waals surface area contributed by atoms with Crippen molar-refractivity contribution in [2.45, 2.75) is 12.1 Å². The first-order valence-corrected chi connectivity index (χ1v) is 9.10. The molecule has 2 aromatic heterocycles. The van der Waals surface area contributed by atoms with Crippen molar-refractivity contribution in [3.63, 3.8) is 0 Å². The lowest BCUT2D eigenvalue weighted by Gasteiger charge is -2.20. The smallest absolute Gasteiger partial charge is 0.323 e. The van der Waals surface area contributed by atoms with Crippen LogP contribution in [0.15, 0.2) is 42.7 Å². The third-order valence-corrected chi connectivity index (χ3v) is 4.85. The standard InChI is InChI=1S/C21H17N5O5/c1-31-14-4-3-13-10-26(18(28)15(13)8-14)11-21(19(29)24-20(30)25-21)7-6-12-2-5-16(17(22)27)23-9-12/h2-5,8-10,28H,11H2,1H3,(H2,22,27)(H2,24,25,29,30)/t21-/m1/s1. The number of aromatic hydroxyl groups is 1. The third kappa shape index (κ3) is 3.60. The van der Waals surface area contributed by atoms with Crippen LogP contribution in [0.4, 0.5) is 4.79 Å². The first kappa shape index (κ1) is 19.8. The highest BCUT2D eigenvalue weighted by Gasteiger charge is 2.46. The number of pyridine rings is 1. The minimum atomic E-state index is -1.63. The van der Waals surface area contributed by atoms with Gasteiger partial charge in [-0.3, -0.25) is 14.9 Å². The van der Waals surface area contributed by atoms with Crippen LogP contribution in [0.25, 0.3) is 10.8 Å². The number of imide groups is 1. The molecule has 10 nitrogen and oxygen atoms in total. The molecule has 0 aliphatic carbocycles. The number of fused-ring (bicyclic) bond motifs is 1. The second-order valence-electron chi connectivity index (χ2n) is 6.89. The summed E-state index contributed by atoms with van der Waals surface area (Å²) < 4.78 is 6.61. The van der Waals surface area contributed by atoms with E-state index in [0.717, 1.165) is 5.39 Å². The fourth-order valence-electron chi connectivity index (χ4n) is 3.25. The van der Waals surface area contributed by atoms with Crippen LogP contribution < -0.4 is 21.1 Å². The summed E-state index contributed by atoms with van der Waals surface area (Å²) >= 11 is 0. The molecule has 1 fully saturated rings. The number of methoxy groups -OCH3 is 1. The predicted molar refractivity (Wildman–Crippen MR) is 109 cm³/mol. The fraction of sp³-hybridized carbons (Fsp3) is 0.143. The molecular formula is C21H17N5O5. The number of nitrogens with zero attached hydrogens (tertiary/aromatic N) is 2. The molecular weight excluding hydrogens is 402 g/mol. The monoisotopic (exact) mass is 419 g/mol. The summed E-state index contributed by atoms with van der Waals surface area (Å²) in [4.78, 5) is 39.5. The molecule has 3 heterocycles. The van der Waals surface area contributed by atoms with E-state index >= 15 is 0 Å². The van der Waals surface area contributed by atoms with Crippen molar-refractivity contribution in [3.05, 3.63) is 54.0 Å². The van der Waals surface area contributed by atoms with Gasteiger partial charge in [0.25, 0.3) is 11.8 Å². The van der Waals surface area contributed by atoms with Gasteiger partial charge in [0.2, 0.25) is 5.54 Å². The SMILES string of the molecule is COc1ccc2cn(C[C@@]3(C#Cc4ccc(C(N)=O)nc4)NC(=O)NC3=O)c(O)c2c1.